The fourth-order valence-corrected chi connectivity index (χ4v) is 4.52. The number of carbonyl (C=O) groups is 1. The number of anilines is 1. The van der Waals surface area contributed by atoms with Crippen LogP contribution in [0.3, 0.4) is 0 Å². The van der Waals surface area contributed by atoms with Gasteiger partial charge in [0.15, 0.2) is 11.0 Å². The van der Waals surface area contributed by atoms with Crippen LogP contribution in [-0.2, 0) is 4.79 Å². The zero-order valence-corrected chi connectivity index (χ0v) is 16.2. The molecular formula is C17H19N7OS2. The Morgan fingerprint density at radius 1 is 1.19 bits per heavy atom. The molecule has 8 nitrogen and oxygen atoms in total. The van der Waals surface area contributed by atoms with Crippen LogP contribution in [0.4, 0.5) is 5.13 Å². The first-order chi connectivity index (χ1) is 13.3. The Hall–Kier alpha value is -2.33. The van der Waals surface area contributed by atoms with Gasteiger partial charge in [0.2, 0.25) is 11.0 Å². The van der Waals surface area contributed by atoms with Gasteiger partial charge in [0.05, 0.1) is 5.75 Å². The van der Waals surface area contributed by atoms with Gasteiger partial charge in [-0.25, -0.2) is 0 Å². The minimum atomic E-state index is -0.125. The summed E-state index contributed by atoms with van der Waals surface area (Å²) in [5.74, 6) is 0.970. The highest BCUT2D eigenvalue weighted by molar-refractivity contribution is 7.99. The van der Waals surface area contributed by atoms with E-state index in [-0.39, 0.29) is 11.7 Å². The summed E-state index contributed by atoms with van der Waals surface area (Å²) in [5, 5.41) is 20.4. The van der Waals surface area contributed by atoms with Crippen LogP contribution in [0.1, 0.15) is 38.1 Å². The van der Waals surface area contributed by atoms with Gasteiger partial charge in [-0.15, -0.1) is 20.4 Å². The molecule has 10 heteroatoms. The molecule has 140 valence electrons. The number of hydrogen-bond acceptors (Lipinski definition) is 8. The topological polar surface area (TPSA) is 98.5 Å². The van der Waals surface area contributed by atoms with Crippen molar-refractivity contribution in [3.8, 4) is 11.4 Å². The maximum atomic E-state index is 12.2. The van der Waals surface area contributed by atoms with Crippen molar-refractivity contribution in [1.82, 2.24) is 29.9 Å². The number of nitrogens with zero attached hydrogens (tertiary/aromatic N) is 6. The van der Waals surface area contributed by atoms with Crippen molar-refractivity contribution >= 4 is 34.1 Å². The molecule has 0 radical (unpaired) electrons. The van der Waals surface area contributed by atoms with Crippen LogP contribution < -0.4 is 5.32 Å². The molecule has 3 aromatic rings. The predicted octanol–water partition coefficient (Wildman–Crippen LogP) is 3.43. The fraction of sp³-hybridized carbons (Fsp3) is 0.412. The standard InChI is InChI=1S/C17H19N7OS2/c25-14(20-16-22-19-11-27-16)10-26-17-23-21-15(12-6-8-18-9-7-12)24(17)13-4-2-1-3-5-13/h6-9,11,13H,1-5,10H2,(H,20,22,25). The van der Waals surface area contributed by atoms with E-state index in [9.17, 15) is 4.79 Å². The van der Waals surface area contributed by atoms with Gasteiger partial charge in [-0.05, 0) is 25.0 Å². The second-order valence-corrected chi connectivity index (χ2v) is 8.06. The first-order valence-corrected chi connectivity index (χ1v) is 10.7. The van der Waals surface area contributed by atoms with Crippen LogP contribution in [0.2, 0.25) is 0 Å². The lowest BCUT2D eigenvalue weighted by Crippen LogP contribution is -2.17. The van der Waals surface area contributed by atoms with Crippen molar-refractivity contribution in [2.45, 2.75) is 43.3 Å². The maximum Gasteiger partial charge on any atom is 0.236 e. The molecule has 1 saturated carbocycles. The third kappa shape index (κ3) is 4.33. The molecule has 1 fully saturated rings. The average molecular weight is 402 g/mol. The maximum absolute atomic E-state index is 12.2. The molecule has 3 aromatic heterocycles. The van der Waals surface area contributed by atoms with Gasteiger partial charge < -0.3 is 0 Å². The molecule has 1 aliphatic carbocycles. The summed E-state index contributed by atoms with van der Waals surface area (Å²) in [6.45, 7) is 0. The predicted molar refractivity (Wildman–Crippen MR) is 105 cm³/mol. The summed E-state index contributed by atoms with van der Waals surface area (Å²) in [4.78, 5) is 16.3. The van der Waals surface area contributed by atoms with Crippen molar-refractivity contribution in [3.05, 3.63) is 30.0 Å². The van der Waals surface area contributed by atoms with Crippen molar-refractivity contribution < 1.29 is 4.79 Å². The molecule has 1 N–H and O–H groups in total. The highest BCUT2D eigenvalue weighted by atomic mass is 32.2. The molecule has 4 rings (SSSR count). The number of thioether (sulfide) groups is 1. The Labute approximate surface area is 164 Å². The third-order valence-corrected chi connectivity index (χ3v) is 6.03. The van der Waals surface area contributed by atoms with Gasteiger partial charge in [-0.3, -0.25) is 19.7 Å². The molecule has 0 aromatic carbocycles. The third-order valence-electron chi connectivity index (χ3n) is 4.48. The zero-order valence-electron chi connectivity index (χ0n) is 14.6. The summed E-state index contributed by atoms with van der Waals surface area (Å²) >= 11 is 2.70. The van der Waals surface area contributed by atoms with E-state index in [0.29, 0.717) is 11.2 Å². The number of aromatic nitrogens is 6. The quantitative estimate of drug-likeness (QED) is 0.632. The highest BCUT2D eigenvalue weighted by Gasteiger charge is 2.24. The summed E-state index contributed by atoms with van der Waals surface area (Å²) in [6, 6.07) is 4.26. The van der Waals surface area contributed by atoms with Crippen LogP contribution >= 0.6 is 23.1 Å². The van der Waals surface area contributed by atoms with Gasteiger partial charge in [-0.2, -0.15) is 0 Å². The van der Waals surface area contributed by atoms with Crippen LogP contribution in [0.25, 0.3) is 11.4 Å². The normalized spacial score (nSPS) is 15.0. The Kier molecular flexibility index (Phi) is 5.73. The Bertz CT molecular complexity index is 876. The summed E-state index contributed by atoms with van der Waals surface area (Å²) in [6.07, 6.45) is 9.44. The van der Waals surface area contributed by atoms with E-state index in [1.54, 1.807) is 17.9 Å². The molecule has 0 atom stereocenters. The molecule has 1 amide bonds. The molecule has 0 aliphatic heterocycles. The largest absolute Gasteiger partial charge is 0.300 e. The van der Waals surface area contributed by atoms with Crippen molar-refractivity contribution in [2.24, 2.45) is 0 Å². The Morgan fingerprint density at radius 2 is 2.00 bits per heavy atom. The lowest BCUT2D eigenvalue weighted by Gasteiger charge is -2.25. The number of rotatable bonds is 6. The SMILES string of the molecule is O=C(CSc1nnc(-c2ccncc2)n1C1CCCCC1)Nc1nncs1. The van der Waals surface area contributed by atoms with E-state index in [1.807, 2.05) is 12.1 Å². The lowest BCUT2D eigenvalue weighted by molar-refractivity contribution is -0.113. The summed E-state index contributed by atoms with van der Waals surface area (Å²) in [7, 11) is 0. The molecule has 0 spiro atoms. The minimum absolute atomic E-state index is 0.125. The van der Waals surface area contributed by atoms with Crippen LogP contribution in [-0.4, -0.2) is 41.6 Å². The van der Waals surface area contributed by atoms with Gasteiger partial charge in [-0.1, -0.05) is 42.4 Å². The Balaban J connectivity index is 1.54. The molecule has 1 aliphatic rings. The average Bonchev–Trinajstić information content (AvgIpc) is 3.37. The van der Waals surface area contributed by atoms with Crippen molar-refractivity contribution in [1.29, 1.82) is 0 Å². The molecule has 0 bridgehead atoms. The van der Waals surface area contributed by atoms with Crippen LogP contribution in [0, 0.1) is 0 Å². The van der Waals surface area contributed by atoms with E-state index < -0.39 is 0 Å². The first kappa shape index (κ1) is 18.1. The zero-order chi connectivity index (χ0) is 18.5. The van der Waals surface area contributed by atoms with Gasteiger partial charge in [0.1, 0.15) is 5.51 Å². The van der Waals surface area contributed by atoms with E-state index in [2.05, 4.69) is 35.3 Å². The smallest absolute Gasteiger partial charge is 0.236 e. The van der Waals surface area contributed by atoms with Gasteiger partial charge in [0.25, 0.3) is 0 Å². The Morgan fingerprint density at radius 3 is 2.74 bits per heavy atom. The molecule has 3 heterocycles. The monoisotopic (exact) mass is 401 g/mol. The second-order valence-electron chi connectivity index (χ2n) is 6.28. The van der Waals surface area contributed by atoms with Crippen LogP contribution in [0.5, 0.6) is 0 Å². The number of nitrogens with one attached hydrogen (secondary N) is 1. The molecule has 0 saturated heterocycles. The highest BCUT2D eigenvalue weighted by Crippen LogP contribution is 2.35. The molecular weight excluding hydrogens is 382 g/mol. The van der Waals surface area contributed by atoms with Crippen LogP contribution in [0.15, 0.2) is 35.2 Å². The van der Waals surface area contributed by atoms with Gasteiger partial charge >= 0.3 is 0 Å². The number of amides is 1. The van der Waals surface area contributed by atoms with E-state index in [0.717, 1.165) is 29.4 Å². The minimum Gasteiger partial charge on any atom is -0.300 e. The van der Waals surface area contributed by atoms with Crippen molar-refractivity contribution in [2.75, 3.05) is 11.1 Å². The van der Waals surface area contributed by atoms with Gasteiger partial charge in [0, 0.05) is 24.0 Å². The fourth-order valence-electron chi connectivity index (χ4n) is 3.25. The number of pyridine rings is 1. The van der Waals surface area contributed by atoms with E-state index in [4.69, 9.17) is 0 Å². The number of hydrogen-bond donors (Lipinski definition) is 1. The first-order valence-electron chi connectivity index (χ1n) is 8.85. The lowest BCUT2D eigenvalue weighted by atomic mass is 9.95. The summed E-state index contributed by atoms with van der Waals surface area (Å²) in [5.41, 5.74) is 2.58. The summed E-state index contributed by atoms with van der Waals surface area (Å²) < 4.78 is 2.21. The van der Waals surface area contributed by atoms with Crippen molar-refractivity contribution in [3.63, 3.8) is 0 Å². The van der Waals surface area contributed by atoms with E-state index in [1.165, 1.54) is 42.4 Å². The molecule has 27 heavy (non-hydrogen) atoms. The molecule has 0 unspecified atom stereocenters. The second kappa shape index (κ2) is 8.57. The number of carbonyl (C=O) groups excluding carboxylic acids is 1. The van der Waals surface area contributed by atoms with E-state index >= 15 is 0 Å².